The Morgan fingerprint density at radius 3 is 1.16 bits per heavy atom. The molecule has 0 aliphatic heterocycles. The highest BCUT2D eigenvalue weighted by molar-refractivity contribution is 5.76. The Labute approximate surface area is 282 Å². The number of allylic oxidation sites excluding steroid dienone is 1. The molecule has 0 unspecified atom stereocenters. The molecular weight excluding hydrogens is 554 g/mol. The fourth-order valence-corrected chi connectivity index (χ4v) is 6.35. The fourth-order valence-electron chi connectivity index (χ4n) is 6.35. The first-order valence-corrected chi connectivity index (χ1v) is 20.4. The van der Waals surface area contributed by atoms with E-state index in [4.69, 9.17) is 0 Å². The number of hydrogen-bond donors (Lipinski definition) is 3. The van der Waals surface area contributed by atoms with E-state index in [1.54, 1.807) is 6.08 Å². The van der Waals surface area contributed by atoms with Gasteiger partial charge >= 0.3 is 0 Å². The Morgan fingerprint density at radius 2 is 0.822 bits per heavy atom. The zero-order valence-electron chi connectivity index (χ0n) is 30.7. The molecule has 0 aromatic carbocycles. The minimum absolute atomic E-state index is 0.0609. The highest BCUT2D eigenvalue weighted by atomic mass is 16.3. The number of carbonyl (C=O) groups is 1. The predicted octanol–water partition coefficient (Wildman–Crippen LogP) is 12.3. The Balaban J connectivity index is 3.52. The molecule has 1 amide bonds. The van der Waals surface area contributed by atoms with Gasteiger partial charge in [0.15, 0.2) is 0 Å². The highest BCUT2D eigenvalue weighted by Crippen LogP contribution is 2.16. The average molecular weight is 636 g/mol. The van der Waals surface area contributed by atoms with Gasteiger partial charge in [-0.05, 0) is 19.3 Å². The molecule has 268 valence electrons. The lowest BCUT2D eigenvalue weighted by Gasteiger charge is -2.20. The van der Waals surface area contributed by atoms with Crippen molar-refractivity contribution in [3.05, 3.63) is 12.2 Å². The summed E-state index contributed by atoms with van der Waals surface area (Å²) in [5.74, 6) is -0.0609. The molecule has 4 heteroatoms. The van der Waals surface area contributed by atoms with Crippen molar-refractivity contribution in [2.45, 2.75) is 238 Å². The third-order valence-corrected chi connectivity index (χ3v) is 9.52. The van der Waals surface area contributed by atoms with Crippen LogP contribution in [0.3, 0.4) is 0 Å². The van der Waals surface area contributed by atoms with E-state index >= 15 is 0 Å². The van der Waals surface area contributed by atoms with Crippen LogP contribution in [-0.2, 0) is 4.79 Å². The number of carbonyl (C=O) groups excluding carboxylic acids is 1. The van der Waals surface area contributed by atoms with Crippen LogP contribution in [0.5, 0.6) is 0 Å². The SMILES string of the molecule is CCCCCCCCCCCCCC=C[C@@H](O)[C@H](CO)NC(=O)CCCCCCCCCCCCCCCCCCCCCC. The zero-order valence-corrected chi connectivity index (χ0v) is 30.7. The Kier molecular flexibility index (Phi) is 36.9. The molecule has 4 nitrogen and oxygen atoms in total. The second-order valence-electron chi connectivity index (χ2n) is 14.1. The van der Waals surface area contributed by atoms with Crippen LogP contribution >= 0.6 is 0 Å². The molecule has 0 rings (SSSR count). The van der Waals surface area contributed by atoms with Gasteiger partial charge in [0.25, 0.3) is 0 Å². The van der Waals surface area contributed by atoms with Crippen LogP contribution in [0, 0.1) is 0 Å². The minimum atomic E-state index is -0.832. The van der Waals surface area contributed by atoms with Gasteiger partial charge in [-0.1, -0.05) is 212 Å². The summed E-state index contributed by atoms with van der Waals surface area (Å²) in [4.78, 5) is 12.3. The van der Waals surface area contributed by atoms with Gasteiger partial charge in [-0.15, -0.1) is 0 Å². The van der Waals surface area contributed by atoms with Crippen LogP contribution in [0.1, 0.15) is 226 Å². The van der Waals surface area contributed by atoms with Gasteiger partial charge in [-0.25, -0.2) is 0 Å². The van der Waals surface area contributed by atoms with E-state index in [0.29, 0.717) is 6.42 Å². The van der Waals surface area contributed by atoms with E-state index in [2.05, 4.69) is 19.2 Å². The summed E-state index contributed by atoms with van der Waals surface area (Å²) in [7, 11) is 0. The average Bonchev–Trinajstić information content (AvgIpc) is 3.04. The number of rotatable bonds is 37. The summed E-state index contributed by atoms with van der Waals surface area (Å²) < 4.78 is 0. The van der Waals surface area contributed by atoms with Crippen molar-refractivity contribution in [1.29, 1.82) is 0 Å². The monoisotopic (exact) mass is 636 g/mol. The van der Waals surface area contributed by atoms with E-state index < -0.39 is 12.1 Å². The maximum atomic E-state index is 12.3. The molecule has 0 spiro atoms. The largest absolute Gasteiger partial charge is 0.394 e. The smallest absolute Gasteiger partial charge is 0.220 e. The molecule has 0 radical (unpaired) electrons. The molecule has 0 aromatic rings. The van der Waals surface area contributed by atoms with Crippen molar-refractivity contribution < 1.29 is 15.0 Å². The number of aliphatic hydroxyl groups is 2. The maximum Gasteiger partial charge on any atom is 0.220 e. The zero-order chi connectivity index (χ0) is 32.9. The van der Waals surface area contributed by atoms with Gasteiger partial charge in [-0.2, -0.15) is 0 Å². The van der Waals surface area contributed by atoms with Crippen molar-refractivity contribution in [2.75, 3.05) is 6.61 Å². The van der Waals surface area contributed by atoms with E-state index in [9.17, 15) is 15.0 Å². The second kappa shape index (κ2) is 37.6. The normalized spacial score (nSPS) is 13.1. The van der Waals surface area contributed by atoms with Crippen LogP contribution < -0.4 is 5.32 Å². The van der Waals surface area contributed by atoms with Crippen LogP contribution in [0.4, 0.5) is 0 Å². The maximum absolute atomic E-state index is 12.3. The van der Waals surface area contributed by atoms with Crippen molar-refractivity contribution in [3.63, 3.8) is 0 Å². The lowest BCUT2D eigenvalue weighted by Crippen LogP contribution is -2.45. The van der Waals surface area contributed by atoms with Gasteiger partial charge in [0, 0.05) is 6.42 Å². The number of amides is 1. The first-order chi connectivity index (χ1) is 22.2. The minimum Gasteiger partial charge on any atom is -0.394 e. The molecule has 0 fully saturated rings. The molecule has 0 saturated carbocycles. The van der Waals surface area contributed by atoms with Gasteiger partial charge in [0.1, 0.15) is 0 Å². The molecule has 0 bridgehead atoms. The number of hydrogen-bond acceptors (Lipinski definition) is 3. The van der Waals surface area contributed by atoms with Gasteiger partial charge in [0.05, 0.1) is 18.8 Å². The second-order valence-corrected chi connectivity index (χ2v) is 14.1. The fraction of sp³-hybridized carbons (Fsp3) is 0.927. The lowest BCUT2D eigenvalue weighted by molar-refractivity contribution is -0.123. The summed E-state index contributed by atoms with van der Waals surface area (Å²) in [6, 6.07) is -0.615. The summed E-state index contributed by atoms with van der Waals surface area (Å²) in [5, 5.41) is 22.9. The van der Waals surface area contributed by atoms with Gasteiger partial charge < -0.3 is 15.5 Å². The standard InChI is InChI=1S/C41H81NO3/c1-3-5-7-9-11-13-15-17-18-19-20-21-22-23-25-27-29-31-33-35-37-41(45)42-39(38-43)40(44)36-34-32-30-28-26-24-16-14-12-10-8-6-4-2/h34,36,39-40,43-44H,3-33,35,37-38H2,1-2H3,(H,42,45)/t39-,40+/m0/s1. The van der Waals surface area contributed by atoms with E-state index in [0.717, 1.165) is 25.7 Å². The number of nitrogens with one attached hydrogen (secondary N) is 1. The van der Waals surface area contributed by atoms with Crippen molar-refractivity contribution in [1.82, 2.24) is 5.32 Å². The van der Waals surface area contributed by atoms with E-state index in [-0.39, 0.29) is 12.5 Å². The van der Waals surface area contributed by atoms with Crippen LogP contribution in [0.25, 0.3) is 0 Å². The van der Waals surface area contributed by atoms with Gasteiger partial charge in [0.2, 0.25) is 5.91 Å². The lowest BCUT2D eigenvalue weighted by atomic mass is 10.0. The van der Waals surface area contributed by atoms with Crippen LogP contribution in [0.15, 0.2) is 12.2 Å². The third kappa shape index (κ3) is 34.3. The molecule has 0 aliphatic rings. The van der Waals surface area contributed by atoms with Crippen molar-refractivity contribution in [3.8, 4) is 0 Å². The summed E-state index contributed by atoms with van der Waals surface area (Å²) in [6.45, 7) is 4.31. The highest BCUT2D eigenvalue weighted by Gasteiger charge is 2.17. The Morgan fingerprint density at radius 1 is 0.511 bits per heavy atom. The molecule has 2 atom stereocenters. The number of unbranched alkanes of at least 4 members (excludes halogenated alkanes) is 30. The number of aliphatic hydroxyl groups excluding tert-OH is 2. The quantitative estimate of drug-likeness (QED) is 0.0470. The van der Waals surface area contributed by atoms with E-state index in [1.807, 2.05) is 6.08 Å². The topological polar surface area (TPSA) is 69.6 Å². The van der Waals surface area contributed by atoms with Crippen molar-refractivity contribution in [2.24, 2.45) is 0 Å². The Hall–Kier alpha value is -0.870. The summed E-state index contributed by atoms with van der Waals surface area (Å²) in [6.07, 6.45) is 45.9. The third-order valence-electron chi connectivity index (χ3n) is 9.52. The van der Waals surface area contributed by atoms with Crippen molar-refractivity contribution >= 4 is 5.91 Å². The first-order valence-electron chi connectivity index (χ1n) is 20.4. The molecular formula is C41H81NO3. The first kappa shape index (κ1) is 44.1. The summed E-state index contributed by atoms with van der Waals surface area (Å²) in [5.41, 5.74) is 0. The van der Waals surface area contributed by atoms with Crippen LogP contribution in [-0.4, -0.2) is 34.9 Å². The summed E-state index contributed by atoms with van der Waals surface area (Å²) >= 11 is 0. The molecule has 0 saturated heterocycles. The Bertz CT molecular complexity index is 608. The van der Waals surface area contributed by atoms with Crippen LogP contribution in [0.2, 0.25) is 0 Å². The molecule has 45 heavy (non-hydrogen) atoms. The van der Waals surface area contributed by atoms with E-state index in [1.165, 1.54) is 180 Å². The van der Waals surface area contributed by atoms with Gasteiger partial charge in [-0.3, -0.25) is 4.79 Å². The molecule has 0 aliphatic carbocycles. The molecule has 0 heterocycles. The molecule has 3 N–H and O–H groups in total. The predicted molar refractivity (Wildman–Crippen MR) is 198 cm³/mol. The molecule has 0 aromatic heterocycles.